The number of ether oxygens (including phenoxy) is 2. The van der Waals surface area contributed by atoms with Crippen molar-refractivity contribution in [2.75, 3.05) is 36.5 Å². The summed E-state index contributed by atoms with van der Waals surface area (Å²) in [5.74, 6) is -1.88. The van der Waals surface area contributed by atoms with Crippen LogP contribution < -0.4 is 20.7 Å². The van der Waals surface area contributed by atoms with Crippen molar-refractivity contribution in [1.29, 1.82) is 0 Å². The molecule has 1 aliphatic carbocycles. The van der Waals surface area contributed by atoms with E-state index in [0.29, 0.717) is 6.54 Å². The highest BCUT2D eigenvalue weighted by Gasteiger charge is 2.38. The lowest BCUT2D eigenvalue weighted by molar-refractivity contribution is -0.135. The van der Waals surface area contributed by atoms with E-state index in [-0.39, 0.29) is 48.8 Å². The Morgan fingerprint density at radius 3 is 2.61 bits per heavy atom. The third-order valence-corrected chi connectivity index (χ3v) is 5.69. The van der Waals surface area contributed by atoms with Gasteiger partial charge in [-0.3, -0.25) is 19.3 Å². The highest BCUT2D eigenvalue weighted by molar-refractivity contribution is 6.10. The molecule has 1 heterocycles. The first kappa shape index (κ1) is 24.8. The molecule has 1 atom stereocenters. The Balaban J connectivity index is 1.84. The number of rotatable bonds is 10. The van der Waals surface area contributed by atoms with E-state index in [0.717, 1.165) is 19.3 Å². The van der Waals surface area contributed by atoms with Crippen LogP contribution in [-0.2, 0) is 19.1 Å². The second-order valence-corrected chi connectivity index (χ2v) is 8.63. The number of hydrogen-bond donors (Lipinski definition) is 2. The van der Waals surface area contributed by atoms with Gasteiger partial charge < -0.3 is 25.4 Å². The summed E-state index contributed by atoms with van der Waals surface area (Å²) < 4.78 is 35.8. The number of nitrogens with two attached hydrogens (primary N) is 1. The van der Waals surface area contributed by atoms with Gasteiger partial charge in [-0.1, -0.05) is 20.3 Å². The molecule has 0 spiro atoms. The van der Waals surface area contributed by atoms with Crippen LogP contribution in [0.2, 0.25) is 0 Å². The van der Waals surface area contributed by atoms with Crippen molar-refractivity contribution < 1.29 is 32.6 Å². The molecule has 33 heavy (non-hydrogen) atoms. The predicted octanol–water partition coefficient (Wildman–Crippen LogP) is 1.95. The molecule has 1 saturated heterocycles. The summed E-state index contributed by atoms with van der Waals surface area (Å²) >= 11 is 0. The Hall–Kier alpha value is -2.79. The average Bonchev–Trinajstić information content (AvgIpc) is 2.66. The topological polar surface area (TPSA) is 114 Å². The largest absolute Gasteiger partial charge is 0.433 e. The number of anilines is 2. The predicted molar refractivity (Wildman–Crippen MR) is 117 cm³/mol. The van der Waals surface area contributed by atoms with Gasteiger partial charge in [0.15, 0.2) is 11.8 Å². The van der Waals surface area contributed by atoms with Crippen molar-refractivity contribution in [3.05, 3.63) is 18.2 Å². The number of primary amides is 1. The normalized spacial score (nSPS) is 17.9. The minimum Gasteiger partial charge on any atom is -0.433 e. The standard InChI is InChI=1S/C22H30F2N4O5/c1-13(2)11-28(15-4-3-5-15)19(20(25)30)21(31)26-14-6-7-16(17(10-14)33-22(23)24)27-8-9-32-12-18(27)29/h6-7,10,13,15,19,22H,3-5,8-9,11-12H2,1-2H3,(H2,25,30)(H,26,31)/t19-/m1/s1. The van der Waals surface area contributed by atoms with E-state index in [9.17, 15) is 23.2 Å². The second kappa shape index (κ2) is 10.9. The van der Waals surface area contributed by atoms with Gasteiger partial charge >= 0.3 is 6.61 Å². The molecule has 9 nitrogen and oxygen atoms in total. The van der Waals surface area contributed by atoms with Crippen molar-refractivity contribution in [1.82, 2.24) is 4.90 Å². The first-order chi connectivity index (χ1) is 15.7. The quantitative estimate of drug-likeness (QED) is 0.508. The van der Waals surface area contributed by atoms with Gasteiger partial charge in [-0.2, -0.15) is 8.78 Å². The third-order valence-electron chi connectivity index (χ3n) is 5.69. The third kappa shape index (κ3) is 6.17. The van der Waals surface area contributed by atoms with Crippen molar-refractivity contribution in [2.45, 2.75) is 51.8 Å². The molecule has 0 bridgehead atoms. The summed E-state index contributed by atoms with van der Waals surface area (Å²) in [5, 5.41) is 2.60. The van der Waals surface area contributed by atoms with Gasteiger partial charge in [0, 0.05) is 30.9 Å². The van der Waals surface area contributed by atoms with E-state index in [1.807, 2.05) is 18.7 Å². The lowest BCUT2D eigenvalue weighted by atomic mass is 9.89. The van der Waals surface area contributed by atoms with Crippen LogP contribution in [0.4, 0.5) is 20.2 Å². The van der Waals surface area contributed by atoms with Gasteiger partial charge in [0.1, 0.15) is 6.61 Å². The van der Waals surface area contributed by atoms with Gasteiger partial charge in [0.2, 0.25) is 5.91 Å². The summed E-state index contributed by atoms with van der Waals surface area (Å²) in [6, 6.07) is 2.97. The summed E-state index contributed by atoms with van der Waals surface area (Å²) in [4.78, 5) is 40.6. The number of benzene rings is 1. The van der Waals surface area contributed by atoms with Crippen LogP contribution in [0.15, 0.2) is 18.2 Å². The van der Waals surface area contributed by atoms with E-state index < -0.39 is 30.4 Å². The molecule has 182 valence electrons. The summed E-state index contributed by atoms with van der Waals surface area (Å²) in [6.45, 7) is 1.63. The van der Waals surface area contributed by atoms with Crippen LogP contribution >= 0.6 is 0 Å². The van der Waals surface area contributed by atoms with Gasteiger partial charge in [-0.25, -0.2) is 0 Å². The molecule has 3 amide bonds. The monoisotopic (exact) mass is 468 g/mol. The van der Waals surface area contributed by atoms with Crippen molar-refractivity contribution >= 4 is 29.1 Å². The highest BCUT2D eigenvalue weighted by Crippen LogP contribution is 2.34. The van der Waals surface area contributed by atoms with E-state index in [4.69, 9.17) is 10.5 Å². The van der Waals surface area contributed by atoms with E-state index >= 15 is 0 Å². The molecule has 3 rings (SSSR count). The smallest absolute Gasteiger partial charge is 0.387 e. The number of morpholine rings is 1. The van der Waals surface area contributed by atoms with Crippen LogP contribution in [0.5, 0.6) is 5.75 Å². The Bertz CT molecular complexity index is 878. The lowest BCUT2D eigenvalue weighted by Crippen LogP contribution is -2.58. The second-order valence-electron chi connectivity index (χ2n) is 8.63. The molecule has 2 fully saturated rings. The first-order valence-corrected chi connectivity index (χ1v) is 11.0. The molecule has 2 aliphatic rings. The Labute approximate surface area is 191 Å². The average molecular weight is 469 g/mol. The molecule has 0 unspecified atom stereocenters. The Kier molecular flexibility index (Phi) is 8.20. The number of hydrogen-bond acceptors (Lipinski definition) is 6. The molecule has 1 saturated carbocycles. The maximum atomic E-state index is 13.1. The number of alkyl halides is 2. The molecule has 0 radical (unpaired) electrons. The molecular weight excluding hydrogens is 438 g/mol. The zero-order valence-corrected chi connectivity index (χ0v) is 18.8. The van der Waals surface area contributed by atoms with Crippen LogP contribution in [0.3, 0.4) is 0 Å². The van der Waals surface area contributed by atoms with Crippen LogP contribution in [0, 0.1) is 5.92 Å². The van der Waals surface area contributed by atoms with E-state index in [1.54, 1.807) is 0 Å². The number of carbonyl (C=O) groups excluding carboxylic acids is 3. The zero-order valence-electron chi connectivity index (χ0n) is 18.8. The van der Waals surface area contributed by atoms with Crippen molar-refractivity contribution in [3.63, 3.8) is 0 Å². The van der Waals surface area contributed by atoms with E-state index in [1.165, 1.54) is 23.1 Å². The SMILES string of the molecule is CC(C)CN(C1CCC1)[C@H](C(N)=O)C(=O)Nc1ccc(N2CCOCC2=O)c(OC(F)F)c1. The molecule has 0 aromatic heterocycles. The molecule has 11 heteroatoms. The van der Waals surface area contributed by atoms with Gasteiger partial charge in [-0.15, -0.1) is 0 Å². The Morgan fingerprint density at radius 1 is 1.33 bits per heavy atom. The van der Waals surface area contributed by atoms with Crippen molar-refractivity contribution in [3.8, 4) is 5.75 Å². The molecule has 1 aromatic rings. The fourth-order valence-corrected chi connectivity index (χ4v) is 4.04. The maximum absolute atomic E-state index is 13.1. The summed E-state index contributed by atoms with van der Waals surface area (Å²) in [7, 11) is 0. The lowest BCUT2D eigenvalue weighted by Gasteiger charge is -2.41. The molecule has 1 aliphatic heterocycles. The van der Waals surface area contributed by atoms with Gasteiger partial charge in [-0.05, 0) is 30.9 Å². The minimum absolute atomic E-state index is 0.0862. The maximum Gasteiger partial charge on any atom is 0.387 e. The first-order valence-electron chi connectivity index (χ1n) is 11.0. The van der Waals surface area contributed by atoms with E-state index in [2.05, 4.69) is 10.1 Å². The molecular formula is C22H30F2N4O5. The number of halogens is 2. The fourth-order valence-electron chi connectivity index (χ4n) is 4.04. The number of carbonyl (C=O) groups is 3. The number of nitrogens with one attached hydrogen (secondary N) is 1. The summed E-state index contributed by atoms with van der Waals surface area (Å²) in [6.07, 6.45) is 2.76. The van der Waals surface area contributed by atoms with Crippen LogP contribution in [-0.4, -0.2) is 67.6 Å². The van der Waals surface area contributed by atoms with Crippen molar-refractivity contribution in [2.24, 2.45) is 11.7 Å². The molecule has 1 aromatic carbocycles. The Morgan fingerprint density at radius 2 is 2.06 bits per heavy atom. The molecule has 3 N–H and O–H groups in total. The van der Waals surface area contributed by atoms with Gasteiger partial charge in [0.05, 0.1) is 12.3 Å². The van der Waals surface area contributed by atoms with Crippen LogP contribution in [0.25, 0.3) is 0 Å². The zero-order chi connectivity index (χ0) is 24.1. The highest BCUT2D eigenvalue weighted by atomic mass is 19.3. The summed E-state index contributed by atoms with van der Waals surface area (Å²) in [5.41, 5.74) is 5.88. The van der Waals surface area contributed by atoms with Gasteiger partial charge in [0.25, 0.3) is 11.8 Å². The number of nitrogens with zero attached hydrogens (tertiary/aromatic N) is 2. The fraction of sp³-hybridized carbons (Fsp3) is 0.591. The minimum atomic E-state index is -3.13. The number of amides is 3. The van der Waals surface area contributed by atoms with Crippen LogP contribution in [0.1, 0.15) is 33.1 Å².